The van der Waals surface area contributed by atoms with Crippen LogP contribution in [-0.4, -0.2) is 37.8 Å². The molecule has 1 aromatic rings. The van der Waals surface area contributed by atoms with Gasteiger partial charge >= 0.3 is 0 Å². The second-order valence-electron chi connectivity index (χ2n) is 3.96. The topological polar surface area (TPSA) is 37.4 Å². The van der Waals surface area contributed by atoms with Gasteiger partial charge in [0, 0.05) is 13.6 Å². The molecule has 2 heterocycles. The number of rotatable bonds is 3. The molecule has 0 radical (unpaired) electrons. The molecular formula is C12H19N3O. The summed E-state index contributed by atoms with van der Waals surface area (Å²) in [6.07, 6.45) is 1.09. The lowest BCUT2D eigenvalue weighted by molar-refractivity contribution is 0.0926. The van der Waals surface area contributed by atoms with Gasteiger partial charge < -0.3 is 15.0 Å². The zero-order valence-corrected chi connectivity index (χ0v) is 9.94. The van der Waals surface area contributed by atoms with Gasteiger partial charge in [-0.15, -0.1) is 0 Å². The van der Waals surface area contributed by atoms with E-state index in [2.05, 4.69) is 28.2 Å². The van der Waals surface area contributed by atoms with Crippen LogP contribution in [0.25, 0.3) is 0 Å². The Morgan fingerprint density at radius 1 is 1.56 bits per heavy atom. The molecule has 0 saturated carbocycles. The summed E-state index contributed by atoms with van der Waals surface area (Å²) in [6, 6.07) is 6.53. The molecular weight excluding hydrogens is 202 g/mol. The Kier molecular flexibility index (Phi) is 3.62. The molecule has 2 rings (SSSR count). The lowest BCUT2D eigenvalue weighted by Crippen LogP contribution is -2.45. The van der Waals surface area contributed by atoms with Crippen LogP contribution in [0.3, 0.4) is 0 Å². The maximum atomic E-state index is 5.50. The minimum absolute atomic E-state index is 0.452. The van der Waals surface area contributed by atoms with Crippen molar-refractivity contribution in [2.75, 3.05) is 37.0 Å². The summed E-state index contributed by atoms with van der Waals surface area (Å²) in [5, 5.41) is 3.07. The van der Waals surface area contributed by atoms with Crippen LogP contribution in [0, 0.1) is 0 Å². The number of anilines is 2. The molecule has 16 heavy (non-hydrogen) atoms. The van der Waals surface area contributed by atoms with Crippen molar-refractivity contribution in [1.29, 1.82) is 0 Å². The molecule has 1 unspecified atom stereocenters. The highest BCUT2D eigenvalue weighted by molar-refractivity contribution is 5.47. The quantitative estimate of drug-likeness (QED) is 0.843. The molecule has 1 aliphatic rings. The Morgan fingerprint density at radius 3 is 3.19 bits per heavy atom. The van der Waals surface area contributed by atoms with Crippen molar-refractivity contribution in [2.24, 2.45) is 0 Å². The van der Waals surface area contributed by atoms with Crippen LogP contribution >= 0.6 is 0 Å². The zero-order chi connectivity index (χ0) is 11.4. The molecule has 1 aromatic heterocycles. The van der Waals surface area contributed by atoms with Crippen LogP contribution < -0.4 is 10.2 Å². The third kappa shape index (κ3) is 2.27. The highest BCUT2D eigenvalue weighted by Gasteiger charge is 2.22. The molecule has 0 bridgehead atoms. The molecule has 0 aliphatic carbocycles. The van der Waals surface area contributed by atoms with E-state index in [9.17, 15) is 0 Å². The number of ether oxygens (including phenoxy) is 1. The van der Waals surface area contributed by atoms with E-state index in [0.29, 0.717) is 6.04 Å². The van der Waals surface area contributed by atoms with Gasteiger partial charge in [0.05, 0.1) is 19.3 Å². The van der Waals surface area contributed by atoms with Gasteiger partial charge in [0.15, 0.2) is 0 Å². The number of hydrogen-bond donors (Lipinski definition) is 1. The van der Waals surface area contributed by atoms with Crippen molar-refractivity contribution in [2.45, 2.75) is 19.4 Å². The first-order valence-electron chi connectivity index (χ1n) is 5.84. The molecule has 1 aliphatic heterocycles. The second-order valence-corrected chi connectivity index (χ2v) is 3.96. The number of pyridine rings is 1. The summed E-state index contributed by atoms with van der Waals surface area (Å²) in [4.78, 5) is 6.91. The number of hydrogen-bond acceptors (Lipinski definition) is 4. The molecule has 1 N–H and O–H groups in total. The molecule has 4 heteroatoms. The fourth-order valence-electron chi connectivity index (χ4n) is 2.02. The van der Waals surface area contributed by atoms with Crippen LogP contribution in [0.15, 0.2) is 18.2 Å². The Labute approximate surface area is 96.6 Å². The fourth-order valence-corrected chi connectivity index (χ4v) is 2.02. The van der Waals surface area contributed by atoms with Crippen LogP contribution in [0.2, 0.25) is 0 Å². The average molecular weight is 221 g/mol. The first-order valence-corrected chi connectivity index (χ1v) is 5.84. The lowest BCUT2D eigenvalue weighted by Gasteiger charge is -2.36. The standard InChI is InChI=1S/C12H19N3O/c1-3-10-9-16-8-7-15(10)12-6-4-5-11(13-2)14-12/h4-6,10H,3,7-9H2,1-2H3,(H,13,14). The predicted octanol–water partition coefficient (Wildman–Crippen LogP) is 1.74. The van der Waals surface area contributed by atoms with Crippen LogP contribution in [0.4, 0.5) is 11.6 Å². The van der Waals surface area contributed by atoms with E-state index in [1.807, 2.05) is 19.2 Å². The van der Waals surface area contributed by atoms with Crippen molar-refractivity contribution < 1.29 is 4.74 Å². The van der Waals surface area contributed by atoms with Gasteiger partial charge in [-0.05, 0) is 18.6 Å². The van der Waals surface area contributed by atoms with E-state index in [1.54, 1.807) is 0 Å². The third-order valence-corrected chi connectivity index (χ3v) is 2.98. The summed E-state index contributed by atoms with van der Waals surface area (Å²) >= 11 is 0. The maximum absolute atomic E-state index is 5.50. The molecule has 0 spiro atoms. The number of aromatic nitrogens is 1. The minimum atomic E-state index is 0.452. The van der Waals surface area contributed by atoms with Gasteiger partial charge in [-0.3, -0.25) is 0 Å². The van der Waals surface area contributed by atoms with Crippen molar-refractivity contribution in [3.63, 3.8) is 0 Å². The Hall–Kier alpha value is -1.29. The van der Waals surface area contributed by atoms with Crippen molar-refractivity contribution in [3.05, 3.63) is 18.2 Å². The molecule has 1 fully saturated rings. The lowest BCUT2D eigenvalue weighted by atomic mass is 10.2. The zero-order valence-electron chi connectivity index (χ0n) is 9.94. The second kappa shape index (κ2) is 5.16. The SMILES string of the molecule is CCC1COCCN1c1cccc(NC)n1. The summed E-state index contributed by atoms with van der Waals surface area (Å²) < 4.78 is 5.50. The van der Waals surface area contributed by atoms with Gasteiger partial charge in [0.2, 0.25) is 0 Å². The van der Waals surface area contributed by atoms with Crippen molar-refractivity contribution in [3.8, 4) is 0 Å². The van der Waals surface area contributed by atoms with Gasteiger partial charge in [0.25, 0.3) is 0 Å². The molecule has 0 aromatic carbocycles. The van der Waals surface area contributed by atoms with Gasteiger partial charge in [-0.25, -0.2) is 4.98 Å². The average Bonchev–Trinajstić information content (AvgIpc) is 2.38. The van der Waals surface area contributed by atoms with E-state index >= 15 is 0 Å². The summed E-state index contributed by atoms with van der Waals surface area (Å²) in [5.41, 5.74) is 0. The first-order chi connectivity index (χ1) is 7.85. The molecule has 88 valence electrons. The Bertz CT molecular complexity index is 343. The van der Waals surface area contributed by atoms with Crippen LogP contribution in [0.1, 0.15) is 13.3 Å². The fraction of sp³-hybridized carbons (Fsp3) is 0.583. The molecule has 0 amide bonds. The largest absolute Gasteiger partial charge is 0.377 e. The Balaban J connectivity index is 2.20. The van der Waals surface area contributed by atoms with Gasteiger partial charge in [-0.1, -0.05) is 13.0 Å². The van der Waals surface area contributed by atoms with Gasteiger partial charge in [0.1, 0.15) is 11.6 Å². The van der Waals surface area contributed by atoms with Crippen LogP contribution in [-0.2, 0) is 4.74 Å². The number of nitrogens with one attached hydrogen (secondary N) is 1. The monoisotopic (exact) mass is 221 g/mol. The van der Waals surface area contributed by atoms with Gasteiger partial charge in [-0.2, -0.15) is 0 Å². The van der Waals surface area contributed by atoms with E-state index in [0.717, 1.165) is 37.8 Å². The smallest absolute Gasteiger partial charge is 0.131 e. The highest BCUT2D eigenvalue weighted by atomic mass is 16.5. The van der Waals surface area contributed by atoms with Crippen molar-refractivity contribution >= 4 is 11.6 Å². The third-order valence-electron chi connectivity index (χ3n) is 2.98. The molecule has 1 saturated heterocycles. The normalized spacial score (nSPS) is 20.9. The van der Waals surface area contributed by atoms with E-state index < -0.39 is 0 Å². The molecule has 4 nitrogen and oxygen atoms in total. The highest BCUT2D eigenvalue weighted by Crippen LogP contribution is 2.20. The van der Waals surface area contributed by atoms with E-state index in [-0.39, 0.29) is 0 Å². The summed E-state index contributed by atoms with van der Waals surface area (Å²) in [6.45, 7) is 4.72. The maximum Gasteiger partial charge on any atom is 0.131 e. The predicted molar refractivity (Wildman–Crippen MR) is 66.0 cm³/mol. The first kappa shape index (κ1) is 11.2. The van der Waals surface area contributed by atoms with E-state index in [1.165, 1.54) is 0 Å². The Morgan fingerprint density at radius 2 is 2.44 bits per heavy atom. The number of morpholine rings is 1. The summed E-state index contributed by atoms with van der Waals surface area (Å²) in [5.74, 6) is 1.96. The number of nitrogens with zero attached hydrogens (tertiary/aromatic N) is 2. The van der Waals surface area contributed by atoms with E-state index in [4.69, 9.17) is 4.74 Å². The summed E-state index contributed by atoms with van der Waals surface area (Å²) in [7, 11) is 1.89. The van der Waals surface area contributed by atoms with Crippen LogP contribution in [0.5, 0.6) is 0 Å². The minimum Gasteiger partial charge on any atom is -0.377 e. The molecule has 1 atom stereocenters. The van der Waals surface area contributed by atoms with Crippen molar-refractivity contribution in [1.82, 2.24) is 4.98 Å².